The van der Waals surface area contributed by atoms with Gasteiger partial charge in [0.2, 0.25) is 0 Å². The molecule has 0 amide bonds. The molecule has 0 aliphatic carbocycles. The van der Waals surface area contributed by atoms with E-state index in [1.54, 1.807) is 31.5 Å². The summed E-state index contributed by atoms with van der Waals surface area (Å²) in [6.45, 7) is 0. The van der Waals surface area contributed by atoms with Crippen LogP contribution in [-0.2, 0) is 4.74 Å². The van der Waals surface area contributed by atoms with E-state index < -0.39 is 5.97 Å². The highest BCUT2D eigenvalue weighted by molar-refractivity contribution is 5.96. The maximum absolute atomic E-state index is 11.8. The minimum Gasteiger partial charge on any atom is -0.497 e. The average molecular weight is 334 g/mol. The first-order valence-electron chi connectivity index (χ1n) is 7.76. The normalized spacial score (nSPS) is 10.8. The zero-order valence-electron chi connectivity index (χ0n) is 14.0. The number of rotatable bonds is 5. The number of ether oxygens (including phenoxy) is 2. The molecule has 1 aromatic heterocycles. The van der Waals surface area contributed by atoms with Crippen molar-refractivity contribution in [3.63, 3.8) is 0 Å². The molecule has 0 aliphatic heterocycles. The van der Waals surface area contributed by atoms with E-state index in [0.29, 0.717) is 11.3 Å². The number of benzene rings is 2. The van der Waals surface area contributed by atoms with Gasteiger partial charge in [-0.1, -0.05) is 12.1 Å². The molecule has 2 aromatic carbocycles. The van der Waals surface area contributed by atoms with Gasteiger partial charge in [-0.15, -0.1) is 0 Å². The first-order valence-corrected chi connectivity index (χ1v) is 7.76. The standard InChI is InChI=1S/C20H18N2O3/c1-24-17-11-9-15(10-12-17)22-13-5-6-16(22)14-21-19-8-4-3-7-18(19)20(23)25-2/h3-14H,1-2H3. The number of hydrogen-bond donors (Lipinski definition) is 0. The molecule has 3 rings (SSSR count). The molecular weight excluding hydrogens is 316 g/mol. The Morgan fingerprint density at radius 2 is 1.76 bits per heavy atom. The molecule has 0 aliphatic rings. The van der Waals surface area contributed by atoms with Crippen molar-refractivity contribution in [2.45, 2.75) is 0 Å². The molecule has 0 atom stereocenters. The van der Waals surface area contributed by atoms with Gasteiger partial charge < -0.3 is 14.0 Å². The quantitative estimate of drug-likeness (QED) is 0.523. The van der Waals surface area contributed by atoms with Crippen molar-refractivity contribution in [1.82, 2.24) is 4.57 Å². The number of methoxy groups -OCH3 is 2. The Morgan fingerprint density at radius 3 is 2.48 bits per heavy atom. The van der Waals surface area contributed by atoms with Crippen molar-refractivity contribution in [3.8, 4) is 11.4 Å². The zero-order chi connectivity index (χ0) is 17.6. The second-order valence-electron chi connectivity index (χ2n) is 5.27. The number of carbonyl (C=O) groups is 1. The predicted octanol–water partition coefficient (Wildman–Crippen LogP) is 4.02. The molecular formula is C20H18N2O3. The minimum absolute atomic E-state index is 0.404. The molecule has 126 valence electrons. The zero-order valence-corrected chi connectivity index (χ0v) is 14.0. The highest BCUT2D eigenvalue weighted by atomic mass is 16.5. The predicted molar refractivity (Wildman–Crippen MR) is 97.4 cm³/mol. The number of carbonyl (C=O) groups excluding carboxylic acids is 1. The summed E-state index contributed by atoms with van der Waals surface area (Å²) in [5.74, 6) is 0.399. The average Bonchev–Trinajstić information content (AvgIpc) is 3.14. The lowest BCUT2D eigenvalue weighted by Crippen LogP contribution is -2.01. The lowest BCUT2D eigenvalue weighted by atomic mass is 10.2. The lowest BCUT2D eigenvalue weighted by molar-refractivity contribution is 0.0601. The van der Waals surface area contributed by atoms with E-state index in [0.717, 1.165) is 17.1 Å². The monoisotopic (exact) mass is 334 g/mol. The van der Waals surface area contributed by atoms with Gasteiger partial charge in [0.25, 0.3) is 0 Å². The number of hydrogen-bond acceptors (Lipinski definition) is 4. The van der Waals surface area contributed by atoms with Crippen molar-refractivity contribution in [2.75, 3.05) is 14.2 Å². The van der Waals surface area contributed by atoms with Gasteiger partial charge in [-0.2, -0.15) is 0 Å². The van der Waals surface area contributed by atoms with Gasteiger partial charge in [-0.05, 0) is 48.5 Å². The molecule has 0 saturated carbocycles. The summed E-state index contributed by atoms with van der Waals surface area (Å²) in [6, 6.07) is 18.7. The van der Waals surface area contributed by atoms with Crippen molar-refractivity contribution in [3.05, 3.63) is 78.1 Å². The molecule has 0 spiro atoms. The Morgan fingerprint density at radius 1 is 1.00 bits per heavy atom. The van der Waals surface area contributed by atoms with E-state index in [1.807, 2.05) is 53.2 Å². The lowest BCUT2D eigenvalue weighted by Gasteiger charge is -2.08. The van der Waals surface area contributed by atoms with Crippen LogP contribution in [0.2, 0.25) is 0 Å². The van der Waals surface area contributed by atoms with E-state index in [4.69, 9.17) is 9.47 Å². The summed E-state index contributed by atoms with van der Waals surface area (Å²) in [5.41, 5.74) is 2.89. The van der Waals surface area contributed by atoms with Crippen molar-refractivity contribution >= 4 is 17.9 Å². The molecule has 0 N–H and O–H groups in total. The van der Waals surface area contributed by atoms with Gasteiger partial charge in [0.15, 0.2) is 0 Å². The van der Waals surface area contributed by atoms with Gasteiger partial charge >= 0.3 is 5.97 Å². The van der Waals surface area contributed by atoms with E-state index in [-0.39, 0.29) is 0 Å². The second-order valence-corrected chi connectivity index (χ2v) is 5.27. The molecule has 1 heterocycles. The van der Waals surface area contributed by atoms with Crippen LogP contribution in [0.15, 0.2) is 71.9 Å². The Balaban J connectivity index is 1.91. The smallest absolute Gasteiger partial charge is 0.340 e. The van der Waals surface area contributed by atoms with Crippen LogP contribution in [-0.4, -0.2) is 31.0 Å². The van der Waals surface area contributed by atoms with E-state index in [2.05, 4.69) is 4.99 Å². The molecule has 0 unspecified atom stereocenters. The largest absolute Gasteiger partial charge is 0.497 e. The van der Waals surface area contributed by atoms with E-state index in [9.17, 15) is 4.79 Å². The van der Waals surface area contributed by atoms with Crippen LogP contribution in [0.5, 0.6) is 5.75 Å². The van der Waals surface area contributed by atoms with Gasteiger partial charge in [0.1, 0.15) is 5.75 Å². The number of aliphatic imine (C=N–C) groups is 1. The summed E-state index contributed by atoms with van der Waals surface area (Å²) in [7, 11) is 3.00. The number of esters is 1. The first kappa shape index (κ1) is 16.5. The van der Waals surface area contributed by atoms with Gasteiger partial charge in [0.05, 0.1) is 37.4 Å². The van der Waals surface area contributed by atoms with Gasteiger partial charge in [-0.3, -0.25) is 4.99 Å². The molecule has 3 aromatic rings. The van der Waals surface area contributed by atoms with Crippen LogP contribution in [0.25, 0.3) is 5.69 Å². The Labute approximate surface area is 146 Å². The van der Waals surface area contributed by atoms with Gasteiger partial charge in [-0.25, -0.2) is 4.79 Å². The summed E-state index contributed by atoms with van der Waals surface area (Å²) < 4.78 is 12.0. The van der Waals surface area contributed by atoms with Crippen LogP contribution in [0, 0.1) is 0 Å². The SMILES string of the molecule is COC(=O)c1ccccc1N=Cc1cccn1-c1ccc(OC)cc1. The highest BCUT2D eigenvalue weighted by Gasteiger charge is 2.10. The Hall–Kier alpha value is -3.34. The second kappa shape index (κ2) is 7.49. The van der Waals surface area contributed by atoms with Crippen molar-refractivity contribution in [2.24, 2.45) is 4.99 Å². The van der Waals surface area contributed by atoms with Crippen LogP contribution >= 0.6 is 0 Å². The third-order valence-electron chi connectivity index (χ3n) is 3.78. The maximum Gasteiger partial charge on any atom is 0.340 e. The fraction of sp³-hybridized carbons (Fsp3) is 0.100. The van der Waals surface area contributed by atoms with Crippen molar-refractivity contribution < 1.29 is 14.3 Å². The molecule has 5 nitrogen and oxygen atoms in total. The third-order valence-corrected chi connectivity index (χ3v) is 3.78. The topological polar surface area (TPSA) is 52.8 Å². The number of nitrogens with zero attached hydrogens (tertiary/aromatic N) is 2. The Bertz CT molecular complexity index is 895. The fourth-order valence-corrected chi connectivity index (χ4v) is 2.48. The minimum atomic E-state index is -0.404. The number of aromatic nitrogens is 1. The van der Waals surface area contributed by atoms with Crippen LogP contribution < -0.4 is 4.74 Å². The third kappa shape index (κ3) is 3.61. The maximum atomic E-state index is 11.8. The summed E-state index contributed by atoms with van der Waals surface area (Å²) in [4.78, 5) is 16.3. The highest BCUT2D eigenvalue weighted by Crippen LogP contribution is 2.21. The molecule has 5 heteroatoms. The number of para-hydroxylation sites is 1. The Kier molecular flexibility index (Phi) is 4.95. The summed E-state index contributed by atoms with van der Waals surface area (Å²) in [6.07, 6.45) is 3.68. The van der Waals surface area contributed by atoms with E-state index in [1.165, 1.54) is 7.11 Å². The van der Waals surface area contributed by atoms with E-state index >= 15 is 0 Å². The van der Waals surface area contributed by atoms with Gasteiger partial charge in [0, 0.05) is 11.9 Å². The first-order chi connectivity index (χ1) is 12.2. The summed E-state index contributed by atoms with van der Waals surface area (Å²) in [5, 5.41) is 0. The van der Waals surface area contributed by atoms with Crippen molar-refractivity contribution in [1.29, 1.82) is 0 Å². The summed E-state index contributed by atoms with van der Waals surface area (Å²) >= 11 is 0. The fourth-order valence-electron chi connectivity index (χ4n) is 2.48. The van der Waals surface area contributed by atoms with Crippen LogP contribution in [0.4, 0.5) is 5.69 Å². The molecule has 25 heavy (non-hydrogen) atoms. The molecule has 0 bridgehead atoms. The van der Waals surface area contributed by atoms with Crippen LogP contribution in [0.3, 0.4) is 0 Å². The molecule has 0 saturated heterocycles. The molecule has 0 fully saturated rings. The molecule has 0 radical (unpaired) electrons. The van der Waals surface area contributed by atoms with Crippen LogP contribution in [0.1, 0.15) is 16.1 Å².